The lowest BCUT2D eigenvalue weighted by Crippen LogP contribution is -2.28. The average Bonchev–Trinajstić information content (AvgIpc) is 2.89. The number of rotatable bonds is 5. The highest BCUT2D eigenvalue weighted by Crippen LogP contribution is 2.27. The van der Waals surface area contributed by atoms with Gasteiger partial charge in [-0.3, -0.25) is 14.3 Å². The van der Waals surface area contributed by atoms with Crippen molar-refractivity contribution in [1.29, 1.82) is 0 Å². The van der Waals surface area contributed by atoms with E-state index in [4.69, 9.17) is 5.11 Å². The van der Waals surface area contributed by atoms with Gasteiger partial charge in [0.2, 0.25) is 0 Å². The number of hydrogen-bond acceptors (Lipinski definition) is 4. The molecule has 1 amide bonds. The highest BCUT2D eigenvalue weighted by molar-refractivity contribution is 7.20. The minimum absolute atomic E-state index is 0.0513. The molecule has 1 unspecified atom stereocenters. The summed E-state index contributed by atoms with van der Waals surface area (Å²) in [4.78, 5) is 24.2. The topological polar surface area (TPSA) is 84.2 Å². The molecule has 2 N–H and O–H groups in total. The molecule has 0 radical (unpaired) electrons. The lowest BCUT2D eigenvalue weighted by atomic mass is 10.1. The highest BCUT2D eigenvalue weighted by atomic mass is 32.1. The van der Waals surface area contributed by atoms with Crippen molar-refractivity contribution in [3.05, 3.63) is 16.6 Å². The fourth-order valence-corrected chi connectivity index (χ4v) is 3.08. The van der Waals surface area contributed by atoms with Crippen LogP contribution >= 0.6 is 11.3 Å². The van der Waals surface area contributed by atoms with Crippen molar-refractivity contribution in [2.75, 3.05) is 6.54 Å². The Bertz CT molecular complexity index is 625. The first-order chi connectivity index (χ1) is 9.38. The number of carboxylic acid groups (broad SMARTS) is 1. The molecule has 2 rings (SSSR count). The van der Waals surface area contributed by atoms with E-state index < -0.39 is 5.97 Å². The van der Waals surface area contributed by atoms with Crippen molar-refractivity contribution < 1.29 is 14.7 Å². The van der Waals surface area contributed by atoms with Crippen molar-refractivity contribution in [2.45, 2.75) is 20.3 Å². The molecule has 0 aromatic carbocycles. The minimum Gasteiger partial charge on any atom is -0.481 e. The van der Waals surface area contributed by atoms with Gasteiger partial charge < -0.3 is 10.4 Å². The number of aromatic nitrogens is 2. The maximum atomic E-state index is 12.0. The molecule has 0 bridgehead atoms. The molecule has 2 heterocycles. The average molecular weight is 295 g/mol. The fraction of sp³-hybridized carbons (Fsp3) is 0.462. The second-order valence-electron chi connectivity index (χ2n) is 4.95. The first kappa shape index (κ1) is 14.5. The van der Waals surface area contributed by atoms with Gasteiger partial charge in [-0.15, -0.1) is 11.3 Å². The first-order valence-electron chi connectivity index (χ1n) is 6.31. The maximum Gasteiger partial charge on any atom is 0.303 e. The number of fused-ring (bicyclic) bond motifs is 1. The van der Waals surface area contributed by atoms with Crippen LogP contribution in [0.4, 0.5) is 0 Å². The van der Waals surface area contributed by atoms with Gasteiger partial charge in [0, 0.05) is 25.4 Å². The molecular formula is C13H17N3O3S. The number of amides is 1. The van der Waals surface area contributed by atoms with Gasteiger partial charge in [0.1, 0.15) is 4.83 Å². The third-order valence-corrected chi connectivity index (χ3v) is 4.25. The van der Waals surface area contributed by atoms with Crippen LogP contribution in [0.5, 0.6) is 0 Å². The van der Waals surface area contributed by atoms with Gasteiger partial charge in [0.15, 0.2) is 0 Å². The Balaban J connectivity index is 2.04. The van der Waals surface area contributed by atoms with Crippen LogP contribution in [0.3, 0.4) is 0 Å². The van der Waals surface area contributed by atoms with Gasteiger partial charge >= 0.3 is 5.97 Å². The van der Waals surface area contributed by atoms with Crippen LogP contribution in [0.2, 0.25) is 0 Å². The monoisotopic (exact) mass is 295 g/mol. The highest BCUT2D eigenvalue weighted by Gasteiger charge is 2.16. The summed E-state index contributed by atoms with van der Waals surface area (Å²) >= 11 is 1.39. The van der Waals surface area contributed by atoms with E-state index >= 15 is 0 Å². The number of nitrogens with one attached hydrogen (secondary N) is 1. The van der Waals surface area contributed by atoms with Crippen molar-refractivity contribution in [2.24, 2.45) is 13.0 Å². The predicted octanol–water partition coefficient (Wildman–Crippen LogP) is 1.78. The number of hydrogen-bond donors (Lipinski definition) is 2. The van der Waals surface area contributed by atoms with E-state index in [9.17, 15) is 9.59 Å². The molecule has 0 aliphatic carbocycles. The van der Waals surface area contributed by atoms with Crippen LogP contribution in [0.15, 0.2) is 6.07 Å². The molecule has 1 atom stereocenters. The Morgan fingerprint density at radius 3 is 2.85 bits per heavy atom. The predicted molar refractivity (Wildman–Crippen MR) is 77.1 cm³/mol. The lowest BCUT2D eigenvalue weighted by molar-refractivity contribution is -0.137. The molecular weight excluding hydrogens is 278 g/mol. The molecule has 0 saturated heterocycles. The Morgan fingerprint density at radius 2 is 2.25 bits per heavy atom. The van der Waals surface area contributed by atoms with E-state index in [1.807, 2.05) is 20.0 Å². The Hall–Kier alpha value is -1.89. The number of thiophene rings is 1. The van der Waals surface area contributed by atoms with E-state index in [1.54, 1.807) is 11.6 Å². The van der Waals surface area contributed by atoms with Gasteiger partial charge in [-0.1, -0.05) is 6.92 Å². The third-order valence-electron chi connectivity index (χ3n) is 3.05. The van der Waals surface area contributed by atoms with Crippen LogP contribution < -0.4 is 5.32 Å². The quantitative estimate of drug-likeness (QED) is 0.880. The van der Waals surface area contributed by atoms with Gasteiger partial charge in [0.05, 0.1) is 10.6 Å². The van der Waals surface area contributed by atoms with E-state index in [-0.39, 0.29) is 18.2 Å². The van der Waals surface area contributed by atoms with Gasteiger partial charge in [0.25, 0.3) is 5.91 Å². The molecule has 0 aliphatic heterocycles. The van der Waals surface area contributed by atoms with Crippen LogP contribution in [-0.2, 0) is 11.8 Å². The lowest BCUT2D eigenvalue weighted by Gasteiger charge is -2.09. The summed E-state index contributed by atoms with van der Waals surface area (Å²) in [7, 11) is 1.85. The summed E-state index contributed by atoms with van der Waals surface area (Å²) in [6.45, 7) is 4.07. The zero-order valence-corrected chi connectivity index (χ0v) is 12.5. The summed E-state index contributed by atoms with van der Waals surface area (Å²) < 4.78 is 1.76. The summed E-state index contributed by atoms with van der Waals surface area (Å²) in [5.74, 6) is -1.10. The molecule has 0 saturated carbocycles. The number of nitrogens with zero attached hydrogens (tertiary/aromatic N) is 2. The van der Waals surface area contributed by atoms with Gasteiger partial charge in [-0.2, -0.15) is 5.10 Å². The molecule has 0 aliphatic rings. The number of carboxylic acids is 1. The Kier molecular flexibility index (Phi) is 4.08. The Labute approximate surface area is 120 Å². The van der Waals surface area contributed by atoms with Crippen molar-refractivity contribution in [3.63, 3.8) is 0 Å². The second-order valence-corrected chi connectivity index (χ2v) is 5.98. The summed E-state index contributed by atoms with van der Waals surface area (Å²) in [5, 5.41) is 16.7. The van der Waals surface area contributed by atoms with Crippen molar-refractivity contribution in [1.82, 2.24) is 15.1 Å². The van der Waals surface area contributed by atoms with E-state index in [1.165, 1.54) is 11.3 Å². The third kappa shape index (κ3) is 2.98. The second kappa shape index (κ2) is 5.62. The van der Waals surface area contributed by atoms with E-state index in [0.717, 1.165) is 15.9 Å². The zero-order chi connectivity index (χ0) is 14.9. The van der Waals surface area contributed by atoms with Crippen LogP contribution in [0.1, 0.15) is 28.7 Å². The fourth-order valence-electron chi connectivity index (χ4n) is 2.04. The van der Waals surface area contributed by atoms with Gasteiger partial charge in [-0.25, -0.2) is 0 Å². The van der Waals surface area contributed by atoms with Crippen molar-refractivity contribution in [3.8, 4) is 0 Å². The largest absolute Gasteiger partial charge is 0.481 e. The molecule has 0 fully saturated rings. The Morgan fingerprint density at radius 1 is 1.55 bits per heavy atom. The molecule has 6 nitrogen and oxygen atoms in total. The molecule has 2 aromatic rings. The maximum absolute atomic E-state index is 12.0. The van der Waals surface area contributed by atoms with Crippen LogP contribution in [0.25, 0.3) is 10.2 Å². The number of aryl methyl sites for hydroxylation is 2. The molecule has 7 heteroatoms. The zero-order valence-electron chi connectivity index (χ0n) is 11.6. The molecule has 20 heavy (non-hydrogen) atoms. The van der Waals surface area contributed by atoms with Crippen molar-refractivity contribution >= 4 is 33.4 Å². The standard InChI is InChI=1S/C13H17N3O3S/c1-7(4-11(17)18)6-14-12(19)10-5-9-8(2)15-16(3)13(9)20-10/h5,7H,4,6H2,1-3H3,(H,14,19)(H,17,18). The number of aliphatic carboxylic acids is 1. The SMILES string of the molecule is Cc1nn(C)c2sc(C(=O)NCC(C)CC(=O)O)cc12. The first-order valence-corrected chi connectivity index (χ1v) is 7.13. The van der Waals surface area contributed by atoms with E-state index in [0.29, 0.717) is 11.4 Å². The van der Waals surface area contributed by atoms with Crippen LogP contribution in [0, 0.1) is 12.8 Å². The summed E-state index contributed by atoms with van der Waals surface area (Å²) in [6.07, 6.45) is 0.0513. The smallest absolute Gasteiger partial charge is 0.303 e. The molecule has 2 aromatic heterocycles. The molecule has 108 valence electrons. The summed E-state index contributed by atoms with van der Waals surface area (Å²) in [5.41, 5.74) is 0.900. The van der Waals surface area contributed by atoms with Gasteiger partial charge in [-0.05, 0) is 18.9 Å². The van der Waals surface area contributed by atoms with E-state index in [2.05, 4.69) is 10.4 Å². The normalized spacial score (nSPS) is 12.6. The number of carbonyl (C=O) groups is 2. The van der Waals surface area contributed by atoms with Crippen LogP contribution in [-0.4, -0.2) is 33.3 Å². The number of carbonyl (C=O) groups excluding carboxylic acids is 1. The summed E-state index contributed by atoms with van der Waals surface area (Å²) in [6, 6.07) is 1.83. The minimum atomic E-state index is -0.852. The molecule has 0 spiro atoms.